The lowest BCUT2D eigenvalue weighted by Gasteiger charge is -2.32. The number of benzene rings is 1. The molecule has 1 fully saturated rings. The molecular formula is C14H16Br2ClNO. The molecule has 0 spiro atoms. The average molecular weight is 410 g/mol. The van der Waals surface area contributed by atoms with Crippen LogP contribution in [0.5, 0.6) is 0 Å². The molecule has 0 saturated carbocycles. The summed E-state index contributed by atoms with van der Waals surface area (Å²) in [6.07, 6.45) is 3.44. The molecule has 1 saturated heterocycles. The minimum atomic E-state index is 0.0998. The number of rotatable bonds is 3. The Kier molecular flexibility index (Phi) is 5.72. The Balaban J connectivity index is 2.10. The van der Waals surface area contributed by atoms with Gasteiger partial charge in [-0.05, 0) is 59.3 Å². The lowest BCUT2D eigenvalue weighted by Crippen LogP contribution is -2.40. The molecule has 104 valence electrons. The highest BCUT2D eigenvalue weighted by Gasteiger charge is 2.25. The summed E-state index contributed by atoms with van der Waals surface area (Å²) in [6, 6.07) is 5.33. The van der Waals surface area contributed by atoms with Gasteiger partial charge in [-0.15, -0.1) is 0 Å². The summed E-state index contributed by atoms with van der Waals surface area (Å²) >= 11 is 12.8. The molecule has 1 unspecified atom stereocenters. The first-order chi connectivity index (χ1) is 9.11. The van der Waals surface area contributed by atoms with Gasteiger partial charge in [0.2, 0.25) is 0 Å². The van der Waals surface area contributed by atoms with Gasteiger partial charge in [0.15, 0.2) is 0 Å². The average Bonchev–Trinajstić information content (AvgIpc) is 2.39. The van der Waals surface area contributed by atoms with Crippen molar-refractivity contribution in [1.29, 1.82) is 0 Å². The van der Waals surface area contributed by atoms with Crippen molar-refractivity contribution in [2.45, 2.75) is 19.3 Å². The largest absolute Gasteiger partial charge is 0.338 e. The highest BCUT2D eigenvalue weighted by molar-refractivity contribution is 9.10. The number of hydrogen-bond acceptors (Lipinski definition) is 1. The summed E-state index contributed by atoms with van der Waals surface area (Å²) < 4.78 is 0.771. The van der Waals surface area contributed by atoms with Crippen LogP contribution in [0, 0.1) is 5.92 Å². The van der Waals surface area contributed by atoms with Crippen LogP contribution in [-0.2, 0) is 0 Å². The third-order valence-corrected chi connectivity index (χ3v) is 4.83. The number of likely N-dealkylation sites (tertiary alicyclic amines) is 1. The second-order valence-electron chi connectivity index (χ2n) is 4.86. The van der Waals surface area contributed by atoms with Gasteiger partial charge >= 0.3 is 0 Å². The maximum Gasteiger partial charge on any atom is 0.255 e. The lowest BCUT2D eigenvalue weighted by atomic mass is 9.95. The van der Waals surface area contributed by atoms with Gasteiger partial charge in [-0.3, -0.25) is 4.79 Å². The van der Waals surface area contributed by atoms with E-state index in [1.165, 1.54) is 6.42 Å². The van der Waals surface area contributed by atoms with Crippen molar-refractivity contribution in [2.75, 3.05) is 18.4 Å². The third-order valence-electron chi connectivity index (χ3n) is 3.49. The zero-order valence-electron chi connectivity index (χ0n) is 10.5. The van der Waals surface area contributed by atoms with Crippen molar-refractivity contribution in [3.63, 3.8) is 0 Å². The second kappa shape index (κ2) is 7.09. The van der Waals surface area contributed by atoms with Crippen molar-refractivity contribution in [1.82, 2.24) is 4.90 Å². The molecule has 1 heterocycles. The lowest BCUT2D eigenvalue weighted by molar-refractivity contribution is 0.0671. The van der Waals surface area contributed by atoms with E-state index >= 15 is 0 Å². The van der Waals surface area contributed by atoms with Gasteiger partial charge in [-0.2, -0.15) is 0 Å². The summed E-state index contributed by atoms with van der Waals surface area (Å²) in [5.41, 5.74) is 0.698. The molecule has 1 aromatic carbocycles. The summed E-state index contributed by atoms with van der Waals surface area (Å²) in [7, 11) is 0. The molecule has 0 aromatic heterocycles. The van der Waals surface area contributed by atoms with Crippen molar-refractivity contribution in [3.05, 3.63) is 33.3 Å². The van der Waals surface area contributed by atoms with Crippen LogP contribution >= 0.6 is 43.5 Å². The topological polar surface area (TPSA) is 20.3 Å². The quantitative estimate of drug-likeness (QED) is 0.661. The van der Waals surface area contributed by atoms with E-state index in [0.717, 1.165) is 35.7 Å². The fourth-order valence-electron chi connectivity index (χ4n) is 2.47. The second-order valence-corrected chi connectivity index (χ2v) is 6.95. The Bertz CT molecular complexity index is 465. The SMILES string of the molecule is O=C(c1ccc(Cl)cc1Br)N1CCCC(CCBr)C1. The van der Waals surface area contributed by atoms with Crippen LogP contribution in [0.2, 0.25) is 5.02 Å². The number of amides is 1. The van der Waals surface area contributed by atoms with Crippen LogP contribution < -0.4 is 0 Å². The zero-order chi connectivity index (χ0) is 13.8. The van der Waals surface area contributed by atoms with Gasteiger partial charge in [0.25, 0.3) is 5.91 Å². The third kappa shape index (κ3) is 3.96. The fraction of sp³-hybridized carbons (Fsp3) is 0.500. The van der Waals surface area contributed by atoms with E-state index in [0.29, 0.717) is 16.5 Å². The van der Waals surface area contributed by atoms with Crippen molar-refractivity contribution in [2.24, 2.45) is 5.92 Å². The molecule has 5 heteroatoms. The van der Waals surface area contributed by atoms with E-state index in [1.807, 2.05) is 4.90 Å². The highest BCUT2D eigenvalue weighted by atomic mass is 79.9. The molecule has 1 aliphatic heterocycles. The van der Waals surface area contributed by atoms with Crippen LogP contribution in [0.15, 0.2) is 22.7 Å². The van der Waals surface area contributed by atoms with Crippen molar-refractivity contribution < 1.29 is 4.79 Å². The standard InChI is InChI=1S/C14H16Br2ClNO/c15-6-5-10-2-1-7-18(9-10)14(19)12-4-3-11(17)8-13(12)16/h3-4,8,10H,1-2,5-7,9H2. The molecule has 1 amide bonds. The van der Waals surface area contributed by atoms with Crippen molar-refractivity contribution in [3.8, 4) is 0 Å². The van der Waals surface area contributed by atoms with Gasteiger partial charge < -0.3 is 4.90 Å². The molecule has 0 N–H and O–H groups in total. The predicted octanol–water partition coefficient (Wildman–Crippen LogP) is 4.74. The van der Waals surface area contributed by atoms with Gasteiger partial charge in [0.05, 0.1) is 5.56 Å². The minimum absolute atomic E-state index is 0.0998. The Morgan fingerprint density at radius 1 is 1.47 bits per heavy atom. The Hall–Kier alpha value is -0.0600. The number of carbonyl (C=O) groups is 1. The number of carbonyl (C=O) groups excluding carboxylic acids is 1. The molecule has 1 aromatic rings. The first-order valence-electron chi connectivity index (χ1n) is 6.42. The Labute approximate surface area is 135 Å². The molecular weight excluding hydrogens is 393 g/mol. The maximum absolute atomic E-state index is 12.5. The van der Waals surface area contributed by atoms with E-state index in [1.54, 1.807) is 18.2 Å². The minimum Gasteiger partial charge on any atom is -0.338 e. The van der Waals surface area contributed by atoms with E-state index in [9.17, 15) is 4.79 Å². The van der Waals surface area contributed by atoms with E-state index < -0.39 is 0 Å². The van der Waals surface area contributed by atoms with Crippen LogP contribution in [0.1, 0.15) is 29.6 Å². The highest BCUT2D eigenvalue weighted by Crippen LogP contribution is 2.26. The van der Waals surface area contributed by atoms with E-state index in [-0.39, 0.29) is 5.91 Å². The summed E-state index contributed by atoms with van der Waals surface area (Å²) in [5, 5.41) is 1.64. The first-order valence-corrected chi connectivity index (χ1v) is 8.71. The molecule has 0 bridgehead atoms. The summed E-state index contributed by atoms with van der Waals surface area (Å²) in [6.45, 7) is 1.71. The monoisotopic (exact) mass is 407 g/mol. The normalized spacial score (nSPS) is 19.5. The van der Waals surface area contributed by atoms with Crippen LogP contribution in [-0.4, -0.2) is 29.2 Å². The molecule has 2 rings (SSSR count). The van der Waals surface area contributed by atoms with Gasteiger partial charge in [-0.25, -0.2) is 0 Å². The molecule has 0 radical (unpaired) electrons. The summed E-state index contributed by atoms with van der Waals surface area (Å²) in [4.78, 5) is 14.5. The van der Waals surface area contributed by atoms with Crippen LogP contribution in [0.3, 0.4) is 0 Å². The van der Waals surface area contributed by atoms with Crippen molar-refractivity contribution >= 4 is 49.4 Å². The molecule has 1 atom stereocenters. The molecule has 19 heavy (non-hydrogen) atoms. The van der Waals surface area contributed by atoms with E-state index in [2.05, 4.69) is 31.9 Å². The molecule has 1 aliphatic rings. The fourth-order valence-corrected chi connectivity index (χ4v) is 3.97. The first kappa shape index (κ1) is 15.3. The number of hydrogen-bond donors (Lipinski definition) is 0. The smallest absolute Gasteiger partial charge is 0.255 e. The Morgan fingerprint density at radius 2 is 2.26 bits per heavy atom. The maximum atomic E-state index is 12.5. The summed E-state index contributed by atoms with van der Waals surface area (Å²) in [5.74, 6) is 0.714. The molecule has 0 aliphatic carbocycles. The zero-order valence-corrected chi connectivity index (χ0v) is 14.5. The van der Waals surface area contributed by atoms with Gasteiger partial charge in [0, 0.05) is 27.9 Å². The van der Waals surface area contributed by atoms with Gasteiger partial charge in [-0.1, -0.05) is 27.5 Å². The van der Waals surface area contributed by atoms with E-state index in [4.69, 9.17) is 11.6 Å². The van der Waals surface area contributed by atoms with Crippen LogP contribution in [0.4, 0.5) is 0 Å². The van der Waals surface area contributed by atoms with Gasteiger partial charge in [0.1, 0.15) is 0 Å². The number of piperidine rings is 1. The number of nitrogens with zero attached hydrogens (tertiary/aromatic N) is 1. The number of alkyl halides is 1. The number of halogens is 3. The predicted molar refractivity (Wildman–Crippen MR) is 86.2 cm³/mol. The molecule has 2 nitrogen and oxygen atoms in total. The Morgan fingerprint density at radius 3 is 2.95 bits per heavy atom. The van der Waals surface area contributed by atoms with Crippen LogP contribution in [0.25, 0.3) is 0 Å².